The zero-order valence-corrected chi connectivity index (χ0v) is 12.2. The van der Waals surface area contributed by atoms with Crippen LogP contribution in [-0.4, -0.2) is 35.3 Å². The summed E-state index contributed by atoms with van der Waals surface area (Å²) in [7, 11) is 0. The van der Waals surface area contributed by atoms with Crippen molar-refractivity contribution in [3.05, 3.63) is 0 Å². The van der Waals surface area contributed by atoms with E-state index in [1.165, 1.54) is 25.7 Å². The molecule has 1 saturated heterocycles. The van der Waals surface area contributed by atoms with Crippen LogP contribution in [0.2, 0.25) is 0 Å². The van der Waals surface area contributed by atoms with Gasteiger partial charge in [-0.2, -0.15) is 0 Å². The van der Waals surface area contributed by atoms with E-state index >= 15 is 0 Å². The molecule has 2 fully saturated rings. The SMILES string of the molecule is CCCC1NC(=O)CC(C)N(CC2CCCC2)C1=O. The van der Waals surface area contributed by atoms with Gasteiger partial charge in [0.25, 0.3) is 0 Å². The van der Waals surface area contributed by atoms with Crippen molar-refractivity contribution in [2.24, 2.45) is 5.92 Å². The van der Waals surface area contributed by atoms with Crippen LogP contribution in [0.4, 0.5) is 0 Å². The summed E-state index contributed by atoms with van der Waals surface area (Å²) in [6, 6.07) is -0.265. The van der Waals surface area contributed by atoms with E-state index < -0.39 is 0 Å². The second-order valence-corrected chi connectivity index (χ2v) is 6.10. The summed E-state index contributed by atoms with van der Waals surface area (Å²) in [5, 5.41) is 2.88. The molecular weight excluding hydrogens is 240 g/mol. The molecule has 2 amide bonds. The Kier molecular flexibility index (Phi) is 4.83. The molecule has 2 aliphatic rings. The molecule has 1 saturated carbocycles. The van der Waals surface area contributed by atoms with Crippen LogP contribution in [0.3, 0.4) is 0 Å². The van der Waals surface area contributed by atoms with Gasteiger partial charge in [-0.1, -0.05) is 26.2 Å². The molecule has 4 nitrogen and oxygen atoms in total. The number of hydrogen-bond donors (Lipinski definition) is 1. The molecule has 19 heavy (non-hydrogen) atoms. The van der Waals surface area contributed by atoms with Gasteiger partial charge in [-0.15, -0.1) is 0 Å². The average Bonchev–Trinajstić information content (AvgIpc) is 2.84. The van der Waals surface area contributed by atoms with Crippen LogP contribution in [0.15, 0.2) is 0 Å². The molecule has 4 heteroatoms. The first-order valence-corrected chi connectivity index (χ1v) is 7.71. The first kappa shape index (κ1) is 14.4. The molecule has 0 spiro atoms. The van der Waals surface area contributed by atoms with Gasteiger partial charge in [0.05, 0.1) is 0 Å². The average molecular weight is 266 g/mol. The molecular formula is C15H26N2O2. The van der Waals surface area contributed by atoms with Gasteiger partial charge in [0.2, 0.25) is 11.8 Å². The fraction of sp³-hybridized carbons (Fsp3) is 0.867. The van der Waals surface area contributed by atoms with Crippen LogP contribution in [0.1, 0.15) is 58.8 Å². The highest BCUT2D eigenvalue weighted by molar-refractivity contribution is 5.90. The van der Waals surface area contributed by atoms with E-state index in [0.717, 1.165) is 19.4 Å². The van der Waals surface area contributed by atoms with Crippen LogP contribution in [-0.2, 0) is 9.59 Å². The molecule has 0 bridgehead atoms. The lowest BCUT2D eigenvalue weighted by molar-refractivity contribution is -0.135. The summed E-state index contributed by atoms with van der Waals surface area (Å²) in [5.41, 5.74) is 0. The van der Waals surface area contributed by atoms with Gasteiger partial charge < -0.3 is 10.2 Å². The molecule has 1 aliphatic carbocycles. The molecule has 2 atom stereocenters. The van der Waals surface area contributed by atoms with E-state index in [9.17, 15) is 9.59 Å². The molecule has 1 N–H and O–H groups in total. The third-order valence-corrected chi connectivity index (χ3v) is 4.44. The van der Waals surface area contributed by atoms with Crippen molar-refractivity contribution in [1.29, 1.82) is 0 Å². The highest BCUT2D eigenvalue weighted by Gasteiger charge is 2.34. The summed E-state index contributed by atoms with van der Waals surface area (Å²) >= 11 is 0. The molecule has 108 valence electrons. The molecule has 0 radical (unpaired) electrons. The minimum absolute atomic E-state index is 0.0215. The standard InChI is InChI=1S/C15H26N2O2/c1-3-6-13-15(19)17(10-12-7-4-5-8-12)11(2)9-14(18)16-13/h11-13H,3-10H2,1-2H3,(H,16,18). The monoisotopic (exact) mass is 266 g/mol. The predicted octanol–water partition coefficient (Wildman–Crippen LogP) is 2.08. The maximum absolute atomic E-state index is 12.6. The number of amides is 2. The van der Waals surface area contributed by atoms with Gasteiger partial charge in [0.1, 0.15) is 6.04 Å². The maximum atomic E-state index is 12.6. The summed E-state index contributed by atoms with van der Waals surface area (Å²) in [6.07, 6.45) is 7.15. The van der Waals surface area contributed by atoms with Crippen molar-refractivity contribution >= 4 is 11.8 Å². The summed E-state index contributed by atoms with van der Waals surface area (Å²) in [4.78, 5) is 26.4. The Morgan fingerprint density at radius 1 is 1.26 bits per heavy atom. The molecule has 0 aromatic carbocycles. The van der Waals surface area contributed by atoms with Crippen LogP contribution in [0.25, 0.3) is 0 Å². The Hall–Kier alpha value is -1.06. The van der Waals surface area contributed by atoms with Crippen molar-refractivity contribution in [2.45, 2.75) is 70.9 Å². The number of carbonyl (C=O) groups is 2. The van der Waals surface area contributed by atoms with E-state index in [-0.39, 0.29) is 23.9 Å². The Morgan fingerprint density at radius 3 is 2.58 bits per heavy atom. The van der Waals surface area contributed by atoms with Gasteiger partial charge in [0, 0.05) is 19.0 Å². The third kappa shape index (κ3) is 3.48. The lowest BCUT2D eigenvalue weighted by Crippen LogP contribution is -2.47. The number of nitrogens with one attached hydrogen (secondary N) is 1. The zero-order chi connectivity index (χ0) is 13.8. The molecule has 1 heterocycles. The molecule has 0 aromatic rings. The van der Waals surface area contributed by atoms with Crippen LogP contribution in [0.5, 0.6) is 0 Å². The van der Waals surface area contributed by atoms with Gasteiger partial charge in [0.15, 0.2) is 0 Å². The normalized spacial score (nSPS) is 29.5. The maximum Gasteiger partial charge on any atom is 0.245 e. The van der Waals surface area contributed by atoms with Crippen molar-refractivity contribution in [2.75, 3.05) is 6.54 Å². The zero-order valence-electron chi connectivity index (χ0n) is 12.2. The van der Waals surface area contributed by atoms with Gasteiger partial charge >= 0.3 is 0 Å². The van der Waals surface area contributed by atoms with Gasteiger partial charge in [-0.3, -0.25) is 9.59 Å². The minimum Gasteiger partial charge on any atom is -0.344 e. The summed E-state index contributed by atoms with van der Waals surface area (Å²) < 4.78 is 0. The number of hydrogen-bond acceptors (Lipinski definition) is 2. The topological polar surface area (TPSA) is 49.4 Å². The van der Waals surface area contributed by atoms with Crippen LogP contribution >= 0.6 is 0 Å². The second kappa shape index (κ2) is 6.40. The highest BCUT2D eigenvalue weighted by Crippen LogP contribution is 2.27. The first-order chi connectivity index (χ1) is 9.11. The van der Waals surface area contributed by atoms with Crippen molar-refractivity contribution < 1.29 is 9.59 Å². The van der Waals surface area contributed by atoms with E-state index in [2.05, 4.69) is 12.2 Å². The number of rotatable bonds is 4. The largest absolute Gasteiger partial charge is 0.344 e. The number of carbonyl (C=O) groups excluding carboxylic acids is 2. The summed E-state index contributed by atoms with van der Waals surface area (Å²) in [6.45, 7) is 4.89. The Balaban J connectivity index is 2.07. The second-order valence-electron chi connectivity index (χ2n) is 6.10. The van der Waals surface area contributed by atoms with Crippen molar-refractivity contribution in [1.82, 2.24) is 10.2 Å². The quantitative estimate of drug-likeness (QED) is 0.847. The Bertz CT molecular complexity index is 337. The fourth-order valence-corrected chi connectivity index (χ4v) is 3.34. The van der Waals surface area contributed by atoms with E-state index in [4.69, 9.17) is 0 Å². The number of nitrogens with zero attached hydrogens (tertiary/aromatic N) is 1. The van der Waals surface area contributed by atoms with E-state index in [0.29, 0.717) is 12.3 Å². The van der Waals surface area contributed by atoms with Gasteiger partial charge in [-0.05, 0) is 32.1 Å². The van der Waals surface area contributed by atoms with Crippen LogP contribution < -0.4 is 5.32 Å². The molecule has 1 aliphatic heterocycles. The summed E-state index contributed by atoms with van der Waals surface area (Å²) in [5.74, 6) is 0.794. The lowest BCUT2D eigenvalue weighted by Gasteiger charge is -2.31. The van der Waals surface area contributed by atoms with E-state index in [1.807, 2.05) is 11.8 Å². The van der Waals surface area contributed by atoms with Crippen LogP contribution in [0, 0.1) is 5.92 Å². The minimum atomic E-state index is -0.302. The lowest BCUT2D eigenvalue weighted by atomic mass is 10.0. The molecule has 2 rings (SSSR count). The Labute approximate surface area is 115 Å². The first-order valence-electron chi connectivity index (χ1n) is 7.71. The Morgan fingerprint density at radius 2 is 1.95 bits per heavy atom. The highest BCUT2D eigenvalue weighted by atomic mass is 16.2. The van der Waals surface area contributed by atoms with Gasteiger partial charge in [-0.25, -0.2) is 0 Å². The predicted molar refractivity (Wildman–Crippen MR) is 74.6 cm³/mol. The van der Waals surface area contributed by atoms with Crippen molar-refractivity contribution in [3.8, 4) is 0 Å². The smallest absolute Gasteiger partial charge is 0.245 e. The molecule has 2 unspecified atom stereocenters. The van der Waals surface area contributed by atoms with Crippen molar-refractivity contribution in [3.63, 3.8) is 0 Å². The fourth-order valence-electron chi connectivity index (χ4n) is 3.34. The van der Waals surface area contributed by atoms with E-state index in [1.54, 1.807) is 0 Å². The molecule has 0 aromatic heterocycles. The third-order valence-electron chi connectivity index (χ3n) is 4.44.